The molecule has 51 heavy (non-hydrogen) atoms. The Morgan fingerprint density at radius 1 is 1.18 bits per heavy atom. The molecular formula is C37H55N7O6S. The average molecular weight is 726 g/mol. The average Bonchev–Trinajstić information content (AvgIpc) is 3.55. The molecule has 0 spiro atoms. The quantitative estimate of drug-likeness (QED) is 0.113. The number of fused-ring (bicyclic) bond motifs is 1. The van der Waals surface area contributed by atoms with Crippen LogP contribution in [0.1, 0.15) is 51.8 Å². The molecule has 1 aromatic heterocycles. The van der Waals surface area contributed by atoms with E-state index in [0.29, 0.717) is 23.8 Å². The summed E-state index contributed by atoms with van der Waals surface area (Å²) < 4.78 is 21.0. The summed E-state index contributed by atoms with van der Waals surface area (Å²) in [5.41, 5.74) is 2.78. The Morgan fingerprint density at radius 2 is 1.92 bits per heavy atom. The van der Waals surface area contributed by atoms with Crippen molar-refractivity contribution in [3.8, 4) is 6.07 Å². The summed E-state index contributed by atoms with van der Waals surface area (Å²) in [6.07, 6.45) is 2.63. The van der Waals surface area contributed by atoms with Crippen LogP contribution >= 0.6 is 11.9 Å². The first-order valence-corrected chi connectivity index (χ1v) is 18.5. The molecular weight excluding hydrogens is 671 g/mol. The molecule has 5 rings (SSSR count). The summed E-state index contributed by atoms with van der Waals surface area (Å²) in [5, 5.41) is 52.3. The number of anilines is 1. The van der Waals surface area contributed by atoms with Crippen molar-refractivity contribution in [3.63, 3.8) is 0 Å². The van der Waals surface area contributed by atoms with Gasteiger partial charge in [-0.15, -0.1) is 5.10 Å². The van der Waals surface area contributed by atoms with Gasteiger partial charge in [-0.1, -0.05) is 37.3 Å². The molecule has 13 nitrogen and oxygen atoms in total. The Balaban J connectivity index is 0.000000251. The largest absolute Gasteiger partial charge is 0.396 e. The van der Waals surface area contributed by atoms with Gasteiger partial charge in [0.15, 0.2) is 6.29 Å². The van der Waals surface area contributed by atoms with E-state index in [1.54, 1.807) is 4.68 Å². The van der Waals surface area contributed by atoms with Crippen molar-refractivity contribution in [1.82, 2.24) is 24.6 Å². The number of aliphatic hydroxyl groups excluding tert-OH is 3. The molecule has 0 radical (unpaired) electrons. The van der Waals surface area contributed by atoms with Crippen LogP contribution in [0.5, 0.6) is 0 Å². The van der Waals surface area contributed by atoms with E-state index in [-0.39, 0.29) is 18.6 Å². The highest BCUT2D eigenvalue weighted by Gasteiger charge is 2.37. The van der Waals surface area contributed by atoms with Crippen molar-refractivity contribution >= 4 is 34.5 Å². The van der Waals surface area contributed by atoms with Crippen molar-refractivity contribution in [1.29, 1.82) is 5.26 Å². The minimum absolute atomic E-state index is 0.112. The highest BCUT2D eigenvalue weighted by Crippen LogP contribution is 2.25. The number of morpholine rings is 1. The smallest absolute Gasteiger partial charge is 0.160 e. The van der Waals surface area contributed by atoms with Crippen LogP contribution in [-0.2, 0) is 27.2 Å². The Hall–Kier alpha value is -3.10. The molecule has 2 saturated heterocycles. The van der Waals surface area contributed by atoms with Crippen molar-refractivity contribution in [2.75, 3.05) is 58.4 Å². The number of allylic oxidation sites excluding steroid dienone is 1. The molecule has 0 bridgehead atoms. The monoisotopic (exact) mass is 725 g/mol. The van der Waals surface area contributed by atoms with E-state index >= 15 is 0 Å². The first-order chi connectivity index (χ1) is 24.5. The normalized spacial score (nSPS) is 21.7. The third-order valence-corrected chi connectivity index (χ3v) is 9.76. The fraction of sp³-hybridized carbons (Fsp3) is 0.595. The molecule has 2 aliphatic rings. The zero-order valence-electron chi connectivity index (χ0n) is 30.5. The summed E-state index contributed by atoms with van der Waals surface area (Å²) in [5.74, 6) is 0.511. The molecule has 280 valence electrons. The maximum atomic E-state index is 9.97. The summed E-state index contributed by atoms with van der Waals surface area (Å²) in [4.78, 5) is 3.01. The van der Waals surface area contributed by atoms with Gasteiger partial charge in [-0.25, -0.2) is 4.68 Å². The number of benzene rings is 2. The van der Waals surface area contributed by atoms with E-state index < -0.39 is 24.6 Å². The summed E-state index contributed by atoms with van der Waals surface area (Å²) in [6.45, 7) is 14.3. The molecule has 4 atom stereocenters. The highest BCUT2D eigenvalue weighted by atomic mass is 32.2. The van der Waals surface area contributed by atoms with E-state index in [9.17, 15) is 15.5 Å². The van der Waals surface area contributed by atoms with E-state index in [1.807, 2.05) is 32.2 Å². The lowest BCUT2D eigenvalue weighted by Gasteiger charge is -2.36. The number of nitrogens with zero attached hydrogens (tertiary/aromatic N) is 5. The third-order valence-electron chi connectivity index (χ3n) is 8.68. The lowest BCUT2D eigenvalue weighted by molar-refractivity contribution is -0.245. The summed E-state index contributed by atoms with van der Waals surface area (Å²) >= 11 is 1.31. The molecule has 3 heterocycles. The number of aromatic nitrogens is 3. The molecule has 2 fully saturated rings. The zero-order valence-corrected chi connectivity index (χ0v) is 31.3. The van der Waals surface area contributed by atoms with Crippen molar-refractivity contribution in [3.05, 3.63) is 58.8 Å². The number of nitrogens with one attached hydrogen (secondary N) is 2. The van der Waals surface area contributed by atoms with Gasteiger partial charge >= 0.3 is 0 Å². The minimum Gasteiger partial charge on any atom is -0.396 e. The second-order valence-electron chi connectivity index (χ2n) is 14.0. The van der Waals surface area contributed by atoms with Crippen LogP contribution in [0.25, 0.3) is 16.8 Å². The molecule has 2 unspecified atom stereocenters. The van der Waals surface area contributed by atoms with Crippen molar-refractivity contribution < 1.29 is 29.5 Å². The van der Waals surface area contributed by atoms with E-state index in [4.69, 9.17) is 19.3 Å². The van der Waals surface area contributed by atoms with Gasteiger partial charge in [0.2, 0.25) is 0 Å². The predicted octanol–water partition coefficient (Wildman–Crippen LogP) is 3.81. The predicted molar refractivity (Wildman–Crippen MR) is 201 cm³/mol. The molecule has 2 aliphatic heterocycles. The van der Waals surface area contributed by atoms with E-state index in [0.717, 1.165) is 68.1 Å². The number of ether oxygens (including phenoxy) is 3. The number of aliphatic hydroxyl groups is 3. The SMILES string of the molecule is CC(C)(CCO)NS/C(C#N)=C/c1ccc2cc(NCCN3CCOCC3)ccc2c1.CO[C@@H]1CC(O)[C@H](O)C(Cn2cc(CC(C)C)nn2)O1. The van der Waals surface area contributed by atoms with E-state index in [2.05, 4.69) is 75.5 Å². The van der Waals surface area contributed by atoms with Gasteiger partial charge in [0.25, 0.3) is 0 Å². The van der Waals surface area contributed by atoms with Crippen LogP contribution in [0.3, 0.4) is 0 Å². The van der Waals surface area contributed by atoms with Crippen LogP contribution in [0.15, 0.2) is 47.5 Å². The van der Waals surface area contributed by atoms with Gasteiger partial charge in [-0.3, -0.25) is 9.62 Å². The minimum atomic E-state index is -0.945. The van der Waals surface area contributed by atoms with Gasteiger partial charge in [0, 0.05) is 63.7 Å². The molecule has 0 aliphatic carbocycles. The maximum Gasteiger partial charge on any atom is 0.160 e. The summed E-state index contributed by atoms with van der Waals surface area (Å²) in [7, 11) is 1.52. The lowest BCUT2D eigenvalue weighted by Crippen LogP contribution is -2.50. The Kier molecular flexibility index (Phi) is 16.1. The van der Waals surface area contributed by atoms with Gasteiger partial charge in [0.05, 0.1) is 31.6 Å². The van der Waals surface area contributed by atoms with Crippen molar-refractivity contribution in [2.24, 2.45) is 5.92 Å². The fourth-order valence-corrected chi connectivity index (χ4v) is 6.48. The van der Waals surface area contributed by atoms with Crippen LogP contribution < -0.4 is 10.0 Å². The molecule has 5 N–H and O–H groups in total. The second kappa shape index (κ2) is 20.2. The molecule has 14 heteroatoms. The van der Waals surface area contributed by atoms with Crippen LogP contribution in [0.4, 0.5) is 5.69 Å². The van der Waals surface area contributed by atoms with Crippen LogP contribution in [0.2, 0.25) is 0 Å². The number of hydrogen-bond acceptors (Lipinski definition) is 13. The Bertz CT molecular complexity index is 1570. The van der Waals surface area contributed by atoms with Gasteiger partial charge in [-0.2, -0.15) is 5.26 Å². The Morgan fingerprint density at radius 3 is 2.63 bits per heavy atom. The molecule has 3 aromatic rings. The molecule has 0 saturated carbocycles. The first-order valence-electron chi connectivity index (χ1n) is 17.7. The Labute approximate surface area is 306 Å². The molecule has 2 aromatic carbocycles. The van der Waals surface area contributed by atoms with Gasteiger partial charge < -0.3 is 34.8 Å². The van der Waals surface area contributed by atoms with Gasteiger partial charge in [-0.05, 0) is 85.2 Å². The van der Waals surface area contributed by atoms with E-state index in [1.165, 1.54) is 24.4 Å². The summed E-state index contributed by atoms with van der Waals surface area (Å²) in [6, 6.07) is 14.9. The third kappa shape index (κ3) is 13.4. The number of hydrogen-bond donors (Lipinski definition) is 5. The van der Waals surface area contributed by atoms with Gasteiger partial charge in [0.1, 0.15) is 23.2 Å². The maximum absolute atomic E-state index is 9.97. The standard InChI is InChI=1S/C24H32N4O2S.C13H23N3O4/c1-24(2,7-12-29)27-31-23(18-25)16-19-3-4-21-17-22(6-5-20(21)15-19)26-8-9-28-10-13-30-14-11-28;1-8(2)4-9-6-16(15-14-9)7-11-13(18)10(17)5-12(19-3)20-11/h3-6,15-17,26-27,29H,7-14H2,1-2H3;6,8,10-13,17-18H,4-5,7H2,1-3H3/b23-16+;/t;10?,11?,12-,13-/m.0/s1. The highest BCUT2D eigenvalue weighted by molar-refractivity contribution is 8.01. The first kappa shape index (κ1) is 40.7. The zero-order chi connectivity index (χ0) is 36.8. The number of nitriles is 1. The van der Waals surface area contributed by atoms with Crippen LogP contribution in [0, 0.1) is 17.2 Å². The lowest BCUT2D eigenvalue weighted by atomic mass is 10.0. The van der Waals surface area contributed by atoms with Crippen LogP contribution in [-0.4, -0.2) is 118 Å². The molecule has 0 amide bonds. The fourth-order valence-electron chi connectivity index (χ4n) is 5.75. The topological polar surface area (TPSA) is 170 Å². The second-order valence-corrected chi connectivity index (χ2v) is 14.9. The van der Waals surface area contributed by atoms with Crippen molar-refractivity contribution in [2.45, 2.75) is 83.6 Å². The number of methoxy groups -OCH3 is 1. The number of rotatable bonds is 15.